The van der Waals surface area contributed by atoms with Crippen molar-refractivity contribution in [2.75, 3.05) is 19.5 Å². The first-order valence-electron chi connectivity index (χ1n) is 5.46. The number of thioether (sulfide) groups is 1. The van der Waals surface area contributed by atoms with Gasteiger partial charge >= 0.3 is 0 Å². The highest BCUT2D eigenvalue weighted by atomic mass is 32.2. The fourth-order valence-electron chi connectivity index (χ4n) is 1.14. The van der Waals surface area contributed by atoms with Gasteiger partial charge in [-0.05, 0) is 6.92 Å². The predicted octanol–water partition coefficient (Wildman–Crippen LogP) is 1.53. The quantitative estimate of drug-likeness (QED) is 0.595. The number of hydrogen-bond acceptors (Lipinski definition) is 6. The first-order valence-corrected chi connectivity index (χ1v) is 6.34. The Labute approximate surface area is 106 Å². The van der Waals surface area contributed by atoms with Gasteiger partial charge in [0.15, 0.2) is 5.82 Å². The second-order valence-corrected chi connectivity index (χ2v) is 5.15. The van der Waals surface area contributed by atoms with Crippen LogP contribution in [0.5, 0.6) is 0 Å². The van der Waals surface area contributed by atoms with Gasteiger partial charge < -0.3 is 15.2 Å². The number of aliphatic hydroxyl groups excluding tert-OH is 1. The Bertz CT molecular complexity index is 361. The van der Waals surface area contributed by atoms with E-state index in [-0.39, 0.29) is 11.4 Å². The Morgan fingerprint density at radius 2 is 2.18 bits per heavy atom. The number of ether oxygens (including phenoxy) is 1. The summed E-state index contributed by atoms with van der Waals surface area (Å²) in [5.41, 5.74) is 0. The molecule has 1 heterocycles. The minimum Gasteiger partial charge on any atom is -0.392 e. The van der Waals surface area contributed by atoms with Crippen LogP contribution < -0.4 is 5.32 Å². The third-order valence-corrected chi connectivity index (χ3v) is 3.48. The van der Waals surface area contributed by atoms with Gasteiger partial charge in [0.1, 0.15) is 17.5 Å². The van der Waals surface area contributed by atoms with E-state index in [4.69, 9.17) is 4.74 Å². The van der Waals surface area contributed by atoms with Crippen molar-refractivity contribution in [3.63, 3.8) is 0 Å². The number of hydrogen-bond donors (Lipinski definition) is 2. The largest absolute Gasteiger partial charge is 0.392 e. The van der Waals surface area contributed by atoms with E-state index in [1.807, 2.05) is 20.0 Å². The van der Waals surface area contributed by atoms with Crippen molar-refractivity contribution in [3.8, 4) is 0 Å². The maximum atomic E-state index is 9.48. The maximum absolute atomic E-state index is 9.48. The van der Waals surface area contributed by atoms with Crippen molar-refractivity contribution < 1.29 is 9.84 Å². The van der Waals surface area contributed by atoms with Crippen LogP contribution in [0.3, 0.4) is 0 Å². The first kappa shape index (κ1) is 14.2. The molecule has 0 aliphatic heterocycles. The average molecular weight is 257 g/mol. The van der Waals surface area contributed by atoms with E-state index in [2.05, 4.69) is 15.3 Å². The van der Waals surface area contributed by atoms with E-state index in [9.17, 15) is 5.11 Å². The van der Waals surface area contributed by atoms with Gasteiger partial charge in [-0.2, -0.15) is 0 Å². The van der Waals surface area contributed by atoms with Gasteiger partial charge in [-0.25, -0.2) is 9.97 Å². The zero-order valence-electron chi connectivity index (χ0n) is 10.6. The van der Waals surface area contributed by atoms with Gasteiger partial charge in [0.25, 0.3) is 0 Å². The van der Waals surface area contributed by atoms with Crippen LogP contribution in [0.15, 0.2) is 11.1 Å². The van der Waals surface area contributed by atoms with Crippen LogP contribution in [0.2, 0.25) is 0 Å². The van der Waals surface area contributed by atoms with E-state index in [1.165, 1.54) is 11.8 Å². The summed E-state index contributed by atoms with van der Waals surface area (Å²) in [6.07, 6.45) is -0.376. The minimum absolute atomic E-state index is 0.0880. The van der Waals surface area contributed by atoms with Gasteiger partial charge in [0.05, 0.1) is 6.10 Å². The molecule has 0 fully saturated rings. The van der Waals surface area contributed by atoms with Crippen LogP contribution in [0, 0.1) is 0 Å². The molecule has 0 radical (unpaired) electrons. The number of aliphatic hydroxyl groups is 1. The third-order valence-electron chi connectivity index (χ3n) is 2.26. The highest BCUT2D eigenvalue weighted by Gasteiger charge is 2.13. The van der Waals surface area contributed by atoms with Gasteiger partial charge in [-0.3, -0.25) is 0 Å². The molecule has 0 bridgehead atoms. The summed E-state index contributed by atoms with van der Waals surface area (Å²) >= 11 is 1.52. The van der Waals surface area contributed by atoms with Gasteiger partial charge in [0.2, 0.25) is 0 Å². The van der Waals surface area contributed by atoms with Crippen LogP contribution in [-0.2, 0) is 11.3 Å². The Morgan fingerprint density at radius 3 is 2.71 bits per heavy atom. The van der Waals surface area contributed by atoms with Crippen molar-refractivity contribution in [2.45, 2.75) is 36.8 Å². The summed E-state index contributed by atoms with van der Waals surface area (Å²) in [7, 11) is 3.42. The van der Waals surface area contributed by atoms with Crippen molar-refractivity contribution in [2.24, 2.45) is 0 Å². The van der Waals surface area contributed by atoms with Crippen molar-refractivity contribution in [1.82, 2.24) is 9.97 Å². The molecule has 2 N–H and O–H groups in total. The number of nitrogens with zero attached hydrogens (tertiary/aromatic N) is 2. The summed E-state index contributed by atoms with van der Waals surface area (Å²) in [6, 6.07) is 1.86. The fourth-order valence-corrected chi connectivity index (χ4v) is 2.06. The molecule has 0 saturated carbocycles. The summed E-state index contributed by atoms with van der Waals surface area (Å²) in [6.45, 7) is 4.12. The van der Waals surface area contributed by atoms with Crippen LogP contribution >= 0.6 is 11.8 Å². The van der Waals surface area contributed by atoms with E-state index >= 15 is 0 Å². The Hall–Kier alpha value is -0.850. The Morgan fingerprint density at radius 1 is 1.47 bits per heavy atom. The maximum Gasteiger partial charge on any atom is 0.157 e. The third kappa shape index (κ3) is 4.49. The van der Waals surface area contributed by atoms with Crippen LogP contribution in [-0.4, -0.2) is 40.6 Å². The van der Waals surface area contributed by atoms with E-state index < -0.39 is 0 Å². The molecule has 1 rings (SSSR count). The molecule has 0 aliphatic rings. The lowest BCUT2D eigenvalue weighted by Crippen LogP contribution is -2.15. The van der Waals surface area contributed by atoms with Crippen molar-refractivity contribution in [3.05, 3.63) is 11.9 Å². The lowest BCUT2D eigenvalue weighted by atomic mass is 10.3. The van der Waals surface area contributed by atoms with Crippen LogP contribution in [0.25, 0.3) is 0 Å². The number of aromatic nitrogens is 2. The zero-order chi connectivity index (χ0) is 12.8. The van der Waals surface area contributed by atoms with Gasteiger partial charge in [-0.15, -0.1) is 11.8 Å². The smallest absolute Gasteiger partial charge is 0.157 e. The molecule has 0 spiro atoms. The van der Waals surface area contributed by atoms with Crippen molar-refractivity contribution >= 4 is 17.6 Å². The molecule has 0 amide bonds. The molecule has 0 aromatic carbocycles. The fraction of sp³-hybridized carbons (Fsp3) is 0.636. The van der Waals surface area contributed by atoms with Crippen LogP contribution in [0.1, 0.15) is 19.7 Å². The van der Waals surface area contributed by atoms with Crippen molar-refractivity contribution in [1.29, 1.82) is 0 Å². The van der Waals surface area contributed by atoms with Gasteiger partial charge in [-0.1, -0.05) is 6.92 Å². The molecular weight excluding hydrogens is 238 g/mol. The number of nitrogens with one attached hydrogen (secondary N) is 1. The average Bonchev–Trinajstić information content (AvgIpc) is 2.28. The molecule has 96 valence electrons. The van der Waals surface area contributed by atoms with E-state index in [1.54, 1.807) is 14.0 Å². The molecule has 2 atom stereocenters. The zero-order valence-corrected chi connectivity index (χ0v) is 11.4. The van der Waals surface area contributed by atoms with Crippen LogP contribution in [0.4, 0.5) is 5.82 Å². The van der Waals surface area contributed by atoms with Gasteiger partial charge in [0, 0.05) is 25.5 Å². The summed E-state index contributed by atoms with van der Waals surface area (Å²) in [5.74, 6) is 1.40. The lowest BCUT2D eigenvalue weighted by Gasteiger charge is -2.14. The van der Waals surface area contributed by atoms with E-state index in [0.717, 1.165) is 10.8 Å². The molecule has 2 unspecified atom stereocenters. The summed E-state index contributed by atoms with van der Waals surface area (Å²) in [4.78, 5) is 8.64. The summed E-state index contributed by atoms with van der Waals surface area (Å²) < 4.78 is 5.02. The molecule has 1 aromatic rings. The SMILES string of the molecule is CNc1cc(SC(C)C(C)O)nc(COC)n1. The second kappa shape index (κ2) is 6.78. The number of rotatable bonds is 6. The molecule has 5 nitrogen and oxygen atoms in total. The molecule has 6 heteroatoms. The highest BCUT2D eigenvalue weighted by molar-refractivity contribution is 7.99. The standard InChI is InChI=1S/C11H19N3O2S/c1-7(15)8(2)17-11-5-9(12-3)13-10(14-11)6-16-4/h5,7-8,15H,6H2,1-4H3,(H,12,13,14). The Balaban J connectivity index is 2.86. The molecule has 17 heavy (non-hydrogen) atoms. The second-order valence-electron chi connectivity index (χ2n) is 3.75. The molecule has 1 aromatic heterocycles. The highest BCUT2D eigenvalue weighted by Crippen LogP contribution is 2.25. The Kier molecular flexibility index (Phi) is 5.67. The molecule has 0 aliphatic carbocycles. The lowest BCUT2D eigenvalue weighted by molar-refractivity contribution is 0.177. The number of methoxy groups -OCH3 is 1. The summed E-state index contributed by atoms with van der Waals surface area (Å²) in [5, 5.41) is 13.4. The normalized spacial score (nSPS) is 14.4. The van der Waals surface area contributed by atoms with E-state index in [0.29, 0.717) is 12.4 Å². The predicted molar refractivity (Wildman–Crippen MR) is 69.3 cm³/mol. The first-order chi connectivity index (χ1) is 8.06. The monoisotopic (exact) mass is 257 g/mol. The number of anilines is 1. The molecular formula is C11H19N3O2S. The topological polar surface area (TPSA) is 67.3 Å². The molecule has 0 saturated heterocycles. The minimum atomic E-state index is -0.376.